The Morgan fingerprint density at radius 3 is 2.59 bits per heavy atom. The highest BCUT2D eigenvalue weighted by Gasteiger charge is 2.07. The zero-order valence-electron chi connectivity index (χ0n) is 16.6. The quantitative estimate of drug-likeness (QED) is 0.542. The van der Waals surface area contributed by atoms with E-state index in [0.29, 0.717) is 16.7 Å². The number of aromatic nitrogens is 1. The molecule has 0 aliphatic heterocycles. The lowest BCUT2D eigenvalue weighted by Crippen LogP contribution is -2.28. The number of ether oxygens (including phenoxy) is 1. The number of pyridine rings is 1. The number of hydrogen-bond donors (Lipinski definition) is 1. The second-order valence-electron chi connectivity index (χ2n) is 6.89. The number of carbonyl (C=O) groups is 1. The summed E-state index contributed by atoms with van der Waals surface area (Å²) in [4.78, 5) is 15.4. The van der Waals surface area contributed by atoms with Gasteiger partial charge in [-0.3, -0.25) is 4.79 Å². The molecule has 0 saturated heterocycles. The molecule has 148 valence electrons. The lowest BCUT2D eigenvalue weighted by Gasteiger charge is -2.10. The minimum Gasteiger partial charge on any atom is -0.437 e. The molecule has 0 bridgehead atoms. The lowest BCUT2D eigenvalue weighted by molar-refractivity contribution is -0.119. The normalized spacial score (nSPS) is 12.0. The van der Waals surface area contributed by atoms with Crippen LogP contribution in [-0.2, 0) is 4.79 Å². The van der Waals surface area contributed by atoms with Crippen molar-refractivity contribution in [1.29, 1.82) is 0 Å². The van der Waals surface area contributed by atoms with E-state index in [2.05, 4.69) is 35.4 Å². The fourth-order valence-corrected chi connectivity index (χ4v) is 3.09. The van der Waals surface area contributed by atoms with Crippen molar-refractivity contribution in [2.45, 2.75) is 26.8 Å². The van der Waals surface area contributed by atoms with Gasteiger partial charge in [-0.1, -0.05) is 59.6 Å². The maximum absolute atomic E-state index is 11.0. The molecule has 0 saturated carbocycles. The van der Waals surface area contributed by atoms with E-state index >= 15 is 0 Å². The maximum Gasteiger partial charge on any atom is 0.219 e. The molecule has 0 unspecified atom stereocenters. The van der Waals surface area contributed by atoms with Crippen molar-refractivity contribution in [3.05, 3.63) is 83.0 Å². The zero-order valence-corrected chi connectivity index (χ0v) is 17.4. The summed E-state index contributed by atoms with van der Waals surface area (Å²) < 4.78 is 5.83. The van der Waals surface area contributed by atoms with Crippen LogP contribution in [0.5, 0.6) is 11.6 Å². The van der Waals surface area contributed by atoms with Crippen LogP contribution in [0.4, 0.5) is 0 Å². The van der Waals surface area contributed by atoms with Crippen molar-refractivity contribution in [3.8, 4) is 22.8 Å². The predicted octanol–water partition coefficient (Wildman–Crippen LogP) is 6.04. The number of amides is 1. The van der Waals surface area contributed by atoms with Crippen LogP contribution in [0.15, 0.2) is 66.9 Å². The van der Waals surface area contributed by atoms with Gasteiger partial charge in [-0.15, -0.1) is 0 Å². The first-order chi connectivity index (χ1) is 13.9. The Morgan fingerprint density at radius 2 is 1.93 bits per heavy atom. The summed E-state index contributed by atoms with van der Waals surface area (Å²) in [6.45, 7) is 5.47. The number of nitrogens with one attached hydrogen (secondary N) is 1. The second-order valence-corrected chi connectivity index (χ2v) is 7.30. The molecule has 1 amide bonds. The molecule has 5 heteroatoms. The van der Waals surface area contributed by atoms with Gasteiger partial charge in [0.2, 0.25) is 11.8 Å². The van der Waals surface area contributed by atoms with Crippen molar-refractivity contribution < 1.29 is 9.53 Å². The van der Waals surface area contributed by atoms with Crippen LogP contribution in [0.1, 0.15) is 25.0 Å². The molecule has 1 atom stereocenters. The third-order valence-electron chi connectivity index (χ3n) is 4.27. The number of nitrogens with zero attached hydrogens (tertiary/aromatic N) is 1. The predicted molar refractivity (Wildman–Crippen MR) is 118 cm³/mol. The van der Waals surface area contributed by atoms with Crippen molar-refractivity contribution in [3.63, 3.8) is 0 Å². The van der Waals surface area contributed by atoms with Gasteiger partial charge >= 0.3 is 0 Å². The molecule has 1 aromatic heterocycles. The van der Waals surface area contributed by atoms with E-state index in [0.717, 1.165) is 16.7 Å². The zero-order chi connectivity index (χ0) is 20.8. The Balaban J connectivity index is 1.68. The highest BCUT2D eigenvalue weighted by Crippen LogP contribution is 2.33. The van der Waals surface area contributed by atoms with E-state index in [1.165, 1.54) is 12.5 Å². The first-order valence-corrected chi connectivity index (χ1v) is 9.74. The van der Waals surface area contributed by atoms with E-state index in [1.54, 1.807) is 12.3 Å². The standard InChI is InChI=1S/C24H23ClN2O2/c1-16-5-4-6-20(13-16)21-10-11-23(22(25)14-21)29-24-12-9-19(15-26-24)8-7-17(2)27-18(3)28/h4-15,17H,1-3H3,(H,27,28)/b8-7+/t17-/m0/s1. The molecule has 0 aliphatic carbocycles. The summed E-state index contributed by atoms with van der Waals surface area (Å²) in [6.07, 6.45) is 5.52. The SMILES string of the molecule is CC(=O)N[C@@H](C)/C=C/c1ccc(Oc2ccc(-c3cccc(C)c3)cc2Cl)nc1. The van der Waals surface area contributed by atoms with Crippen LogP contribution in [0.3, 0.4) is 0 Å². The molecule has 0 fully saturated rings. The van der Waals surface area contributed by atoms with Crippen LogP contribution in [0.2, 0.25) is 5.02 Å². The fraction of sp³-hybridized carbons (Fsp3) is 0.167. The Hall–Kier alpha value is -3.11. The van der Waals surface area contributed by atoms with Gasteiger partial charge in [0.25, 0.3) is 0 Å². The van der Waals surface area contributed by atoms with E-state index in [4.69, 9.17) is 16.3 Å². The van der Waals surface area contributed by atoms with Crippen LogP contribution in [-0.4, -0.2) is 16.9 Å². The van der Waals surface area contributed by atoms with Crippen molar-refractivity contribution in [2.75, 3.05) is 0 Å². The summed E-state index contributed by atoms with van der Waals surface area (Å²) in [5.74, 6) is 0.953. The first-order valence-electron chi connectivity index (χ1n) is 9.36. The summed E-state index contributed by atoms with van der Waals surface area (Å²) in [7, 11) is 0. The monoisotopic (exact) mass is 406 g/mol. The number of benzene rings is 2. The van der Waals surface area contributed by atoms with Gasteiger partial charge in [0.05, 0.1) is 5.02 Å². The van der Waals surface area contributed by atoms with Gasteiger partial charge in [-0.25, -0.2) is 4.98 Å². The number of rotatable bonds is 6. The highest BCUT2D eigenvalue weighted by molar-refractivity contribution is 6.32. The molecule has 0 spiro atoms. The van der Waals surface area contributed by atoms with Gasteiger partial charge in [0.1, 0.15) is 5.75 Å². The molecule has 1 heterocycles. The van der Waals surface area contributed by atoms with Crippen LogP contribution < -0.4 is 10.1 Å². The van der Waals surface area contributed by atoms with Crippen LogP contribution in [0.25, 0.3) is 17.2 Å². The minimum atomic E-state index is -0.0608. The maximum atomic E-state index is 11.0. The van der Waals surface area contributed by atoms with Gasteiger partial charge in [0, 0.05) is 25.2 Å². The lowest BCUT2D eigenvalue weighted by atomic mass is 10.0. The van der Waals surface area contributed by atoms with E-state index in [9.17, 15) is 4.79 Å². The van der Waals surface area contributed by atoms with Gasteiger partial charge < -0.3 is 10.1 Å². The van der Waals surface area contributed by atoms with Crippen molar-refractivity contribution in [1.82, 2.24) is 10.3 Å². The van der Waals surface area contributed by atoms with Crippen LogP contribution in [0, 0.1) is 6.92 Å². The molecule has 3 rings (SSSR count). The van der Waals surface area contributed by atoms with E-state index in [1.807, 2.05) is 49.4 Å². The Bertz CT molecular complexity index is 1030. The molecule has 1 N–H and O–H groups in total. The molecule has 0 radical (unpaired) electrons. The molecular formula is C24H23ClN2O2. The molecule has 2 aromatic carbocycles. The molecule has 4 nitrogen and oxygen atoms in total. The van der Waals surface area contributed by atoms with E-state index in [-0.39, 0.29) is 11.9 Å². The molecule has 0 aliphatic rings. The highest BCUT2D eigenvalue weighted by atomic mass is 35.5. The van der Waals surface area contributed by atoms with Crippen LogP contribution >= 0.6 is 11.6 Å². The fourth-order valence-electron chi connectivity index (χ4n) is 2.88. The van der Waals surface area contributed by atoms with Gasteiger partial charge in [0.15, 0.2) is 0 Å². The van der Waals surface area contributed by atoms with Gasteiger partial charge in [-0.05, 0) is 48.7 Å². The van der Waals surface area contributed by atoms with Gasteiger partial charge in [-0.2, -0.15) is 0 Å². The molecular weight excluding hydrogens is 384 g/mol. The average Bonchev–Trinajstić information content (AvgIpc) is 2.68. The Kier molecular flexibility index (Phi) is 6.68. The number of hydrogen-bond acceptors (Lipinski definition) is 3. The third kappa shape index (κ3) is 5.93. The summed E-state index contributed by atoms with van der Waals surface area (Å²) in [5, 5.41) is 3.32. The number of carbonyl (C=O) groups excluding carboxylic acids is 1. The third-order valence-corrected chi connectivity index (χ3v) is 4.56. The minimum absolute atomic E-state index is 0.0471. The molecule has 29 heavy (non-hydrogen) atoms. The largest absolute Gasteiger partial charge is 0.437 e. The second kappa shape index (κ2) is 9.39. The van der Waals surface area contributed by atoms with Crippen molar-refractivity contribution in [2.24, 2.45) is 0 Å². The van der Waals surface area contributed by atoms with Crippen molar-refractivity contribution >= 4 is 23.6 Å². The smallest absolute Gasteiger partial charge is 0.219 e. The topological polar surface area (TPSA) is 51.2 Å². The summed E-state index contributed by atoms with van der Waals surface area (Å²) >= 11 is 6.43. The summed E-state index contributed by atoms with van der Waals surface area (Å²) in [5.41, 5.74) is 4.26. The first kappa shape index (κ1) is 20.6. The molecule has 3 aromatic rings. The number of halogens is 1. The number of aryl methyl sites for hydroxylation is 1. The Morgan fingerprint density at radius 1 is 1.14 bits per heavy atom. The Labute approximate surface area is 176 Å². The summed E-state index contributed by atoms with van der Waals surface area (Å²) in [6, 6.07) is 17.6. The average molecular weight is 407 g/mol. The van der Waals surface area contributed by atoms with E-state index < -0.39 is 0 Å².